The van der Waals surface area contributed by atoms with Gasteiger partial charge in [-0.05, 0) is 35.0 Å². The summed E-state index contributed by atoms with van der Waals surface area (Å²) in [6.07, 6.45) is 0. The first-order chi connectivity index (χ1) is 7.63. The lowest BCUT2D eigenvalue weighted by Gasteiger charge is -2.11. The van der Waals surface area contributed by atoms with Crippen LogP contribution in [0.4, 0.5) is 0 Å². The van der Waals surface area contributed by atoms with Crippen molar-refractivity contribution < 1.29 is 14.3 Å². The van der Waals surface area contributed by atoms with Gasteiger partial charge in [0, 0.05) is 11.0 Å². The molecule has 0 aliphatic carbocycles. The molecule has 0 unspecified atom stereocenters. The maximum atomic E-state index is 11.7. The molecule has 0 heterocycles. The van der Waals surface area contributed by atoms with Crippen LogP contribution >= 0.6 is 15.9 Å². The maximum absolute atomic E-state index is 11.7. The van der Waals surface area contributed by atoms with Gasteiger partial charge in [-0.3, -0.25) is 4.79 Å². The Morgan fingerprint density at radius 1 is 1.31 bits per heavy atom. The maximum Gasteiger partial charge on any atom is 0.252 e. The van der Waals surface area contributed by atoms with Crippen molar-refractivity contribution >= 4 is 21.8 Å². The number of amides is 1. The minimum atomic E-state index is -0.143. The lowest BCUT2D eigenvalue weighted by molar-refractivity contribution is 0.0954. The smallest absolute Gasteiger partial charge is 0.252 e. The van der Waals surface area contributed by atoms with E-state index in [1.54, 1.807) is 19.2 Å². The van der Waals surface area contributed by atoms with Crippen LogP contribution < -0.4 is 14.8 Å². The summed E-state index contributed by atoms with van der Waals surface area (Å²) in [7, 11) is 3.09. The van der Waals surface area contributed by atoms with Gasteiger partial charge >= 0.3 is 0 Å². The molecule has 16 heavy (non-hydrogen) atoms. The first kappa shape index (κ1) is 12.8. The molecule has 0 saturated carbocycles. The molecular weight excluding hydrogens is 274 g/mol. The molecule has 0 aliphatic heterocycles. The molecule has 0 saturated heterocycles. The summed E-state index contributed by atoms with van der Waals surface area (Å²) in [5.41, 5.74) is 0.527. The fourth-order valence-corrected chi connectivity index (χ4v) is 1.79. The van der Waals surface area contributed by atoms with E-state index >= 15 is 0 Å². The number of benzene rings is 1. The van der Waals surface area contributed by atoms with Gasteiger partial charge in [0.1, 0.15) is 0 Å². The lowest BCUT2D eigenvalue weighted by atomic mass is 10.2. The highest BCUT2D eigenvalue weighted by Gasteiger charge is 2.14. The van der Waals surface area contributed by atoms with Crippen molar-refractivity contribution in [1.29, 1.82) is 0 Å². The minimum absolute atomic E-state index is 0.143. The zero-order valence-corrected chi connectivity index (χ0v) is 11.1. The average molecular weight is 288 g/mol. The molecular formula is C11H14BrNO3. The molecule has 0 aliphatic rings. The molecule has 0 bridgehead atoms. The van der Waals surface area contributed by atoms with E-state index in [0.717, 1.165) is 0 Å². The molecule has 1 aromatic rings. The van der Waals surface area contributed by atoms with Gasteiger partial charge in [0.25, 0.3) is 5.91 Å². The van der Waals surface area contributed by atoms with Crippen LogP contribution in [0.3, 0.4) is 0 Å². The van der Waals surface area contributed by atoms with Crippen molar-refractivity contribution in [2.75, 3.05) is 20.8 Å². The number of ether oxygens (including phenoxy) is 2. The van der Waals surface area contributed by atoms with E-state index < -0.39 is 0 Å². The number of carbonyl (C=O) groups excluding carboxylic acids is 1. The molecule has 0 aromatic heterocycles. The zero-order valence-electron chi connectivity index (χ0n) is 9.46. The summed E-state index contributed by atoms with van der Waals surface area (Å²) in [5, 5.41) is 2.73. The van der Waals surface area contributed by atoms with Crippen molar-refractivity contribution in [3.63, 3.8) is 0 Å². The highest BCUT2D eigenvalue weighted by atomic mass is 79.9. The summed E-state index contributed by atoms with van der Waals surface area (Å²) in [5.74, 6) is 0.977. The summed E-state index contributed by atoms with van der Waals surface area (Å²) in [6, 6.07) is 3.36. The van der Waals surface area contributed by atoms with Gasteiger partial charge in [0.2, 0.25) is 0 Å². The van der Waals surface area contributed by atoms with Crippen molar-refractivity contribution in [3.8, 4) is 11.5 Å². The third-order valence-electron chi connectivity index (χ3n) is 2.06. The molecule has 4 nitrogen and oxygen atoms in total. The fraction of sp³-hybridized carbons (Fsp3) is 0.364. The predicted molar refractivity (Wildman–Crippen MR) is 65.3 cm³/mol. The van der Waals surface area contributed by atoms with E-state index in [0.29, 0.717) is 28.1 Å². The number of rotatable bonds is 4. The topological polar surface area (TPSA) is 47.6 Å². The third kappa shape index (κ3) is 2.66. The number of nitrogens with one attached hydrogen (secondary N) is 1. The Bertz CT molecular complexity index is 393. The van der Waals surface area contributed by atoms with Crippen LogP contribution in [0, 0.1) is 0 Å². The Morgan fingerprint density at radius 3 is 2.38 bits per heavy atom. The van der Waals surface area contributed by atoms with E-state index in [9.17, 15) is 4.79 Å². The first-order valence-electron chi connectivity index (χ1n) is 4.83. The molecule has 0 radical (unpaired) electrons. The van der Waals surface area contributed by atoms with E-state index in [4.69, 9.17) is 9.47 Å². The zero-order chi connectivity index (χ0) is 12.1. The Morgan fingerprint density at radius 2 is 1.88 bits per heavy atom. The van der Waals surface area contributed by atoms with E-state index in [1.165, 1.54) is 7.11 Å². The molecule has 1 aromatic carbocycles. The van der Waals surface area contributed by atoms with Gasteiger partial charge in [-0.2, -0.15) is 0 Å². The van der Waals surface area contributed by atoms with Crippen LogP contribution in [0.15, 0.2) is 16.6 Å². The van der Waals surface area contributed by atoms with Gasteiger partial charge in [-0.1, -0.05) is 0 Å². The van der Waals surface area contributed by atoms with Gasteiger partial charge in [0.15, 0.2) is 11.5 Å². The molecule has 0 fully saturated rings. The SMILES string of the molecule is CCNC(=O)c1cc(OC)c(OC)cc1Br. The molecule has 88 valence electrons. The fourth-order valence-electron chi connectivity index (χ4n) is 1.28. The highest BCUT2D eigenvalue weighted by molar-refractivity contribution is 9.10. The predicted octanol–water partition coefficient (Wildman–Crippen LogP) is 2.22. The van der Waals surface area contributed by atoms with Gasteiger partial charge in [-0.15, -0.1) is 0 Å². The Labute approximate surface area is 103 Å². The van der Waals surface area contributed by atoms with Crippen LogP contribution in [0.1, 0.15) is 17.3 Å². The van der Waals surface area contributed by atoms with E-state index in [2.05, 4.69) is 21.2 Å². The van der Waals surface area contributed by atoms with Crippen LogP contribution in [0.2, 0.25) is 0 Å². The number of halogens is 1. The molecule has 1 rings (SSSR count). The first-order valence-corrected chi connectivity index (χ1v) is 5.63. The second kappa shape index (κ2) is 5.75. The van der Waals surface area contributed by atoms with E-state index in [-0.39, 0.29) is 5.91 Å². The second-order valence-electron chi connectivity index (χ2n) is 3.05. The largest absolute Gasteiger partial charge is 0.493 e. The molecule has 1 amide bonds. The monoisotopic (exact) mass is 287 g/mol. The van der Waals surface area contributed by atoms with Crippen LogP contribution in [-0.4, -0.2) is 26.7 Å². The molecule has 0 atom stereocenters. The van der Waals surface area contributed by atoms with Gasteiger partial charge < -0.3 is 14.8 Å². The summed E-state index contributed by atoms with van der Waals surface area (Å²) < 4.78 is 10.9. The number of hydrogen-bond acceptors (Lipinski definition) is 3. The highest BCUT2D eigenvalue weighted by Crippen LogP contribution is 2.33. The van der Waals surface area contributed by atoms with Crippen molar-refractivity contribution in [2.24, 2.45) is 0 Å². The second-order valence-corrected chi connectivity index (χ2v) is 3.90. The van der Waals surface area contributed by atoms with Gasteiger partial charge in [0.05, 0.1) is 19.8 Å². The molecule has 0 spiro atoms. The lowest BCUT2D eigenvalue weighted by Crippen LogP contribution is -2.23. The standard InChI is InChI=1S/C11H14BrNO3/c1-4-13-11(14)7-5-9(15-2)10(16-3)6-8(7)12/h5-6H,4H2,1-3H3,(H,13,14). The van der Waals surface area contributed by atoms with Crippen LogP contribution in [-0.2, 0) is 0 Å². The third-order valence-corrected chi connectivity index (χ3v) is 2.71. The van der Waals surface area contributed by atoms with Crippen molar-refractivity contribution in [2.45, 2.75) is 6.92 Å². The van der Waals surface area contributed by atoms with Crippen molar-refractivity contribution in [3.05, 3.63) is 22.2 Å². The summed E-state index contributed by atoms with van der Waals surface area (Å²) in [6.45, 7) is 2.45. The quantitative estimate of drug-likeness (QED) is 0.924. The Kier molecular flexibility index (Phi) is 4.61. The van der Waals surface area contributed by atoms with Crippen LogP contribution in [0.25, 0.3) is 0 Å². The minimum Gasteiger partial charge on any atom is -0.493 e. The summed E-state index contributed by atoms with van der Waals surface area (Å²) >= 11 is 3.33. The number of carbonyl (C=O) groups is 1. The Balaban J connectivity index is 3.15. The molecule has 1 N–H and O–H groups in total. The molecule has 5 heteroatoms. The van der Waals surface area contributed by atoms with Gasteiger partial charge in [-0.25, -0.2) is 0 Å². The van der Waals surface area contributed by atoms with Crippen molar-refractivity contribution in [1.82, 2.24) is 5.32 Å². The normalized spacial score (nSPS) is 9.75. The number of methoxy groups -OCH3 is 2. The Hall–Kier alpha value is -1.23. The number of hydrogen-bond donors (Lipinski definition) is 1. The van der Waals surface area contributed by atoms with Crippen LogP contribution in [0.5, 0.6) is 11.5 Å². The average Bonchev–Trinajstić information content (AvgIpc) is 2.28. The van der Waals surface area contributed by atoms with E-state index in [1.807, 2.05) is 6.92 Å². The summed E-state index contributed by atoms with van der Waals surface area (Å²) in [4.78, 5) is 11.7.